The maximum atomic E-state index is 11.3. The summed E-state index contributed by atoms with van der Waals surface area (Å²) in [6, 6.07) is 0.601. The minimum absolute atomic E-state index is 0.0786. The molecule has 1 aliphatic rings. The SMILES string of the molecule is CC(C)N1CCN(c2nc(C(C)(C)C)c(C=O)s2)CC1. The van der Waals surface area contributed by atoms with Crippen molar-refractivity contribution in [2.45, 2.75) is 46.1 Å². The first kappa shape index (κ1) is 15.4. The van der Waals surface area contributed by atoms with Gasteiger partial charge in [0.25, 0.3) is 0 Å². The lowest BCUT2D eigenvalue weighted by Crippen LogP contribution is -2.48. The predicted octanol–water partition coefficient (Wildman–Crippen LogP) is 2.78. The monoisotopic (exact) mass is 295 g/mol. The summed E-state index contributed by atoms with van der Waals surface area (Å²) in [6.45, 7) is 14.9. The van der Waals surface area contributed by atoms with E-state index in [1.165, 1.54) is 11.3 Å². The first-order valence-corrected chi connectivity index (χ1v) is 8.10. The molecule has 1 saturated heterocycles. The molecule has 20 heavy (non-hydrogen) atoms. The lowest BCUT2D eigenvalue weighted by atomic mass is 9.91. The van der Waals surface area contributed by atoms with Gasteiger partial charge in [-0.15, -0.1) is 0 Å². The van der Waals surface area contributed by atoms with Crippen LogP contribution in [-0.2, 0) is 5.41 Å². The highest BCUT2D eigenvalue weighted by Crippen LogP contribution is 2.33. The molecular formula is C15H25N3OS. The molecule has 0 saturated carbocycles. The van der Waals surface area contributed by atoms with E-state index < -0.39 is 0 Å². The summed E-state index contributed by atoms with van der Waals surface area (Å²) in [6.07, 6.45) is 0.951. The average Bonchev–Trinajstić information content (AvgIpc) is 2.83. The molecule has 5 heteroatoms. The Balaban J connectivity index is 2.15. The van der Waals surface area contributed by atoms with Crippen LogP contribution in [-0.4, -0.2) is 48.4 Å². The Labute approximate surface area is 125 Å². The van der Waals surface area contributed by atoms with Gasteiger partial charge in [-0.2, -0.15) is 0 Å². The fourth-order valence-electron chi connectivity index (χ4n) is 2.50. The fraction of sp³-hybridized carbons (Fsp3) is 0.733. The van der Waals surface area contributed by atoms with E-state index in [9.17, 15) is 4.79 Å². The maximum Gasteiger partial charge on any atom is 0.186 e. The average molecular weight is 295 g/mol. The zero-order chi connectivity index (χ0) is 14.9. The summed E-state index contributed by atoms with van der Waals surface area (Å²) in [7, 11) is 0. The highest BCUT2D eigenvalue weighted by molar-refractivity contribution is 7.17. The third-order valence-electron chi connectivity index (χ3n) is 3.77. The number of hydrogen-bond donors (Lipinski definition) is 0. The van der Waals surface area contributed by atoms with Crippen molar-refractivity contribution >= 4 is 22.8 Å². The summed E-state index contributed by atoms with van der Waals surface area (Å²) in [5.41, 5.74) is 0.851. The van der Waals surface area contributed by atoms with Crippen molar-refractivity contribution in [1.29, 1.82) is 0 Å². The first-order chi connectivity index (χ1) is 9.32. The van der Waals surface area contributed by atoms with Crippen LogP contribution in [0, 0.1) is 0 Å². The van der Waals surface area contributed by atoms with Gasteiger partial charge in [-0.3, -0.25) is 9.69 Å². The Bertz CT molecular complexity index is 468. The van der Waals surface area contributed by atoms with Crippen molar-refractivity contribution < 1.29 is 4.79 Å². The highest BCUT2D eigenvalue weighted by atomic mass is 32.1. The Morgan fingerprint density at radius 1 is 1.20 bits per heavy atom. The number of piperazine rings is 1. The minimum Gasteiger partial charge on any atom is -0.346 e. The number of thiazole rings is 1. The quantitative estimate of drug-likeness (QED) is 0.804. The van der Waals surface area contributed by atoms with Gasteiger partial charge in [-0.05, 0) is 13.8 Å². The lowest BCUT2D eigenvalue weighted by molar-refractivity contribution is 0.112. The maximum absolute atomic E-state index is 11.3. The van der Waals surface area contributed by atoms with Gasteiger partial charge >= 0.3 is 0 Å². The topological polar surface area (TPSA) is 36.4 Å². The summed E-state index contributed by atoms with van der Waals surface area (Å²) < 4.78 is 0. The number of aldehydes is 1. The van der Waals surface area contributed by atoms with Crippen LogP contribution in [0.1, 0.15) is 50.0 Å². The standard InChI is InChI=1S/C15H25N3OS/c1-11(2)17-6-8-18(9-7-17)14-16-13(15(3,4)5)12(10-19)20-14/h10-11H,6-9H2,1-5H3. The Kier molecular flexibility index (Phi) is 4.49. The van der Waals surface area contributed by atoms with Crippen molar-refractivity contribution in [2.24, 2.45) is 0 Å². The van der Waals surface area contributed by atoms with Crippen molar-refractivity contribution in [3.05, 3.63) is 10.6 Å². The number of hydrogen-bond acceptors (Lipinski definition) is 5. The molecule has 112 valence electrons. The molecule has 0 N–H and O–H groups in total. The summed E-state index contributed by atoms with van der Waals surface area (Å²) in [5, 5.41) is 1.00. The van der Waals surface area contributed by atoms with Crippen molar-refractivity contribution in [2.75, 3.05) is 31.1 Å². The Hall–Kier alpha value is -0.940. The van der Waals surface area contributed by atoms with Crippen LogP contribution in [0.25, 0.3) is 0 Å². The molecule has 1 fully saturated rings. The number of carbonyl (C=O) groups excluding carboxylic acids is 1. The molecule has 1 aromatic heterocycles. The minimum atomic E-state index is -0.0786. The van der Waals surface area contributed by atoms with Crippen LogP contribution >= 0.6 is 11.3 Å². The van der Waals surface area contributed by atoms with Crippen LogP contribution < -0.4 is 4.90 Å². The zero-order valence-electron chi connectivity index (χ0n) is 13.1. The van der Waals surface area contributed by atoms with Gasteiger partial charge in [0.2, 0.25) is 0 Å². The van der Waals surface area contributed by atoms with E-state index in [4.69, 9.17) is 4.98 Å². The van der Waals surface area contributed by atoms with Crippen molar-refractivity contribution in [3.8, 4) is 0 Å². The molecule has 2 rings (SSSR count). The van der Waals surface area contributed by atoms with Crippen LogP contribution in [0.4, 0.5) is 5.13 Å². The number of carbonyl (C=O) groups is 1. The number of aromatic nitrogens is 1. The van der Waals surface area contributed by atoms with Gasteiger partial charge in [-0.25, -0.2) is 4.98 Å². The Morgan fingerprint density at radius 3 is 2.20 bits per heavy atom. The second-order valence-corrected chi connectivity index (χ2v) is 7.70. The number of rotatable bonds is 3. The van der Waals surface area contributed by atoms with E-state index in [0.29, 0.717) is 6.04 Å². The van der Waals surface area contributed by atoms with Gasteiger partial charge in [0, 0.05) is 37.6 Å². The largest absolute Gasteiger partial charge is 0.346 e. The normalized spacial score (nSPS) is 17.8. The fourth-order valence-corrected chi connectivity index (χ4v) is 3.64. The smallest absolute Gasteiger partial charge is 0.186 e. The molecule has 0 amide bonds. The summed E-state index contributed by atoms with van der Waals surface area (Å²) in [4.78, 5) is 21.6. The van der Waals surface area contributed by atoms with Gasteiger partial charge in [0.1, 0.15) is 0 Å². The molecule has 1 aromatic rings. The third-order valence-corrected chi connectivity index (χ3v) is 4.82. The van der Waals surface area contributed by atoms with Gasteiger partial charge in [0.15, 0.2) is 11.4 Å². The predicted molar refractivity (Wildman–Crippen MR) is 85.1 cm³/mol. The highest BCUT2D eigenvalue weighted by Gasteiger charge is 2.26. The second kappa shape index (κ2) is 5.82. The molecule has 0 spiro atoms. The molecule has 0 atom stereocenters. The van der Waals surface area contributed by atoms with Gasteiger partial charge < -0.3 is 4.90 Å². The summed E-state index contributed by atoms with van der Waals surface area (Å²) >= 11 is 1.53. The van der Waals surface area contributed by atoms with Crippen LogP contribution in [0.2, 0.25) is 0 Å². The summed E-state index contributed by atoms with van der Waals surface area (Å²) in [5.74, 6) is 0. The molecule has 0 radical (unpaired) electrons. The molecule has 4 nitrogen and oxygen atoms in total. The molecule has 2 heterocycles. The van der Waals surface area contributed by atoms with Crippen LogP contribution in [0.3, 0.4) is 0 Å². The molecule has 0 aliphatic carbocycles. The van der Waals surface area contributed by atoms with Gasteiger partial charge in [0.05, 0.1) is 10.6 Å². The lowest BCUT2D eigenvalue weighted by Gasteiger charge is -2.36. The van der Waals surface area contributed by atoms with Crippen LogP contribution in [0.15, 0.2) is 0 Å². The van der Waals surface area contributed by atoms with E-state index in [1.54, 1.807) is 0 Å². The Morgan fingerprint density at radius 2 is 1.80 bits per heavy atom. The van der Waals surface area contributed by atoms with E-state index in [0.717, 1.165) is 48.2 Å². The molecule has 0 aromatic carbocycles. The third kappa shape index (κ3) is 3.20. The van der Waals surface area contributed by atoms with E-state index in [1.807, 2.05) is 0 Å². The second-order valence-electron chi connectivity index (χ2n) is 6.69. The molecule has 0 unspecified atom stereocenters. The van der Waals surface area contributed by atoms with Crippen molar-refractivity contribution in [3.63, 3.8) is 0 Å². The van der Waals surface area contributed by atoms with Crippen molar-refractivity contribution in [1.82, 2.24) is 9.88 Å². The zero-order valence-corrected chi connectivity index (χ0v) is 14.0. The van der Waals surface area contributed by atoms with E-state index in [-0.39, 0.29) is 5.41 Å². The first-order valence-electron chi connectivity index (χ1n) is 7.28. The number of anilines is 1. The van der Waals surface area contributed by atoms with E-state index >= 15 is 0 Å². The molecule has 0 bridgehead atoms. The molecule has 1 aliphatic heterocycles. The molecular weight excluding hydrogens is 270 g/mol. The van der Waals surface area contributed by atoms with Gasteiger partial charge in [-0.1, -0.05) is 32.1 Å². The van der Waals surface area contributed by atoms with Crippen LogP contribution in [0.5, 0.6) is 0 Å². The number of nitrogens with zero attached hydrogens (tertiary/aromatic N) is 3. The van der Waals surface area contributed by atoms with E-state index in [2.05, 4.69) is 44.4 Å².